The molecular formula is C14H16FN5O. The van der Waals surface area contributed by atoms with Gasteiger partial charge < -0.3 is 10.6 Å². The first-order valence-electron chi connectivity index (χ1n) is 6.80. The van der Waals surface area contributed by atoms with E-state index in [1.165, 1.54) is 23.1 Å². The molecule has 1 aliphatic rings. The van der Waals surface area contributed by atoms with Crippen molar-refractivity contribution in [1.82, 2.24) is 19.7 Å². The Hall–Kier alpha value is -2.44. The summed E-state index contributed by atoms with van der Waals surface area (Å²) in [5.74, 6) is -0.160. The number of carbonyl (C=O) groups excluding carboxylic acids is 1. The van der Waals surface area contributed by atoms with Gasteiger partial charge in [-0.2, -0.15) is 0 Å². The molecule has 1 amide bonds. The Labute approximate surface area is 121 Å². The Morgan fingerprint density at radius 2 is 2.10 bits per heavy atom. The van der Waals surface area contributed by atoms with E-state index in [0.29, 0.717) is 6.54 Å². The number of nitrogens with zero attached hydrogens (tertiary/aromatic N) is 4. The molecule has 1 heterocycles. The first-order valence-corrected chi connectivity index (χ1v) is 6.80. The molecule has 3 rings (SSSR count). The molecule has 0 atom stereocenters. The van der Waals surface area contributed by atoms with Crippen LogP contribution >= 0.6 is 0 Å². The quantitative estimate of drug-likeness (QED) is 0.897. The van der Waals surface area contributed by atoms with Gasteiger partial charge in [0.05, 0.1) is 0 Å². The van der Waals surface area contributed by atoms with E-state index in [9.17, 15) is 9.18 Å². The van der Waals surface area contributed by atoms with Crippen molar-refractivity contribution in [2.24, 2.45) is 0 Å². The molecule has 1 aliphatic carbocycles. The molecule has 2 N–H and O–H groups in total. The van der Waals surface area contributed by atoms with Crippen molar-refractivity contribution in [2.45, 2.75) is 32.0 Å². The van der Waals surface area contributed by atoms with Gasteiger partial charge in [0.2, 0.25) is 11.9 Å². The van der Waals surface area contributed by atoms with Crippen molar-refractivity contribution in [1.29, 1.82) is 0 Å². The van der Waals surface area contributed by atoms with E-state index >= 15 is 0 Å². The minimum absolute atomic E-state index is 0.0354. The Bertz CT molecular complexity index is 635. The third-order valence-electron chi connectivity index (χ3n) is 3.43. The van der Waals surface area contributed by atoms with Gasteiger partial charge in [0.25, 0.3) is 0 Å². The zero-order valence-corrected chi connectivity index (χ0v) is 11.4. The average Bonchev–Trinajstić information content (AvgIpc) is 3.21. The summed E-state index contributed by atoms with van der Waals surface area (Å²) in [5.41, 5.74) is 6.35. The van der Waals surface area contributed by atoms with Gasteiger partial charge in [0.1, 0.15) is 18.7 Å². The molecule has 0 saturated heterocycles. The van der Waals surface area contributed by atoms with Crippen molar-refractivity contribution in [2.75, 3.05) is 5.73 Å². The number of halogens is 1. The number of benzene rings is 1. The molecule has 0 unspecified atom stereocenters. The summed E-state index contributed by atoms with van der Waals surface area (Å²) in [6.07, 6.45) is 3.45. The second kappa shape index (κ2) is 5.51. The van der Waals surface area contributed by atoms with Crippen LogP contribution in [0.3, 0.4) is 0 Å². The largest absolute Gasteiger partial charge is 0.367 e. The second-order valence-corrected chi connectivity index (χ2v) is 5.18. The van der Waals surface area contributed by atoms with E-state index in [2.05, 4.69) is 10.1 Å². The molecule has 21 heavy (non-hydrogen) atoms. The van der Waals surface area contributed by atoms with Crippen LogP contribution in [0.25, 0.3) is 0 Å². The number of rotatable bonds is 5. The SMILES string of the molecule is Nc1ncn(CC(=O)N(Cc2ccc(F)cc2)C2CC2)n1. The number of hydrogen-bond acceptors (Lipinski definition) is 4. The lowest BCUT2D eigenvalue weighted by atomic mass is 10.2. The van der Waals surface area contributed by atoms with Gasteiger partial charge in [-0.15, -0.1) is 5.10 Å². The van der Waals surface area contributed by atoms with E-state index in [4.69, 9.17) is 5.73 Å². The minimum atomic E-state index is -0.277. The standard InChI is InChI=1S/C14H16FN5O/c15-11-3-1-10(2-4-11)7-20(12-5-6-12)13(21)8-19-9-17-14(16)18-19/h1-4,9,12H,5-8H2,(H2,16,18). The lowest BCUT2D eigenvalue weighted by Crippen LogP contribution is -2.35. The molecule has 1 fully saturated rings. The van der Waals surface area contributed by atoms with Crippen LogP contribution in [0.1, 0.15) is 18.4 Å². The number of amides is 1. The minimum Gasteiger partial charge on any atom is -0.367 e. The fraction of sp³-hybridized carbons (Fsp3) is 0.357. The van der Waals surface area contributed by atoms with Crippen LogP contribution in [0.2, 0.25) is 0 Å². The summed E-state index contributed by atoms with van der Waals surface area (Å²) in [6.45, 7) is 0.593. The molecule has 6 nitrogen and oxygen atoms in total. The van der Waals surface area contributed by atoms with E-state index in [0.717, 1.165) is 18.4 Å². The highest BCUT2D eigenvalue weighted by Crippen LogP contribution is 2.28. The van der Waals surface area contributed by atoms with E-state index in [1.807, 2.05) is 4.90 Å². The summed E-state index contributed by atoms with van der Waals surface area (Å²) in [5, 5.41) is 3.92. The highest BCUT2D eigenvalue weighted by Gasteiger charge is 2.32. The normalized spacial score (nSPS) is 14.1. The van der Waals surface area contributed by atoms with Gasteiger partial charge in [0.15, 0.2) is 0 Å². The monoisotopic (exact) mass is 289 g/mol. The van der Waals surface area contributed by atoms with Crippen LogP contribution in [0, 0.1) is 5.82 Å². The number of hydrogen-bond donors (Lipinski definition) is 1. The molecule has 1 aromatic carbocycles. The van der Waals surface area contributed by atoms with Gasteiger partial charge in [-0.25, -0.2) is 14.1 Å². The second-order valence-electron chi connectivity index (χ2n) is 5.18. The molecule has 1 saturated carbocycles. The third kappa shape index (κ3) is 3.36. The van der Waals surface area contributed by atoms with E-state index < -0.39 is 0 Å². The van der Waals surface area contributed by atoms with E-state index in [1.54, 1.807) is 12.1 Å². The first kappa shape index (κ1) is 13.5. The predicted octanol–water partition coefficient (Wildman–Crippen LogP) is 1.19. The summed E-state index contributed by atoms with van der Waals surface area (Å²) >= 11 is 0. The summed E-state index contributed by atoms with van der Waals surface area (Å²) in [7, 11) is 0. The van der Waals surface area contributed by atoms with Crippen molar-refractivity contribution in [3.05, 3.63) is 42.0 Å². The van der Waals surface area contributed by atoms with Crippen LogP contribution in [-0.4, -0.2) is 31.6 Å². The van der Waals surface area contributed by atoms with Gasteiger partial charge in [-0.1, -0.05) is 12.1 Å². The lowest BCUT2D eigenvalue weighted by Gasteiger charge is -2.22. The van der Waals surface area contributed by atoms with Gasteiger partial charge in [-0.3, -0.25) is 4.79 Å². The number of nitrogens with two attached hydrogens (primary N) is 1. The molecule has 110 valence electrons. The highest BCUT2D eigenvalue weighted by atomic mass is 19.1. The van der Waals surface area contributed by atoms with Crippen molar-refractivity contribution >= 4 is 11.9 Å². The Kier molecular flexibility index (Phi) is 3.55. The predicted molar refractivity (Wildman–Crippen MR) is 74.4 cm³/mol. The third-order valence-corrected chi connectivity index (χ3v) is 3.43. The lowest BCUT2D eigenvalue weighted by molar-refractivity contribution is -0.133. The van der Waals surface area contributed by atoms with Crippen LogP contribution in [0.15, 0.2) is 30.6 Å². The van der Waals surface area contributed by atoms with Crippen LogP contribution in [0.4, 0.5) is 10.3 Å². The smallest absolute Gasteiger partial charge is 0.244 e. The molecule has 2 aromatic rings. The fourth-order valence-electron chi connectivity index (χ4n) is 2.21. The highest BCUT2D eigenvalue weighted by molar-refractivity contribution is 5.76. The zero-order chi connectivity index (χ0) is 14.8. The Morgan fingerprint density at radius 1 is 1.38 bits per heavy atom. The molecular weight excluding hydrogens is 273 g/mol. The number of carbonyl (C=O) groups is 1. The Balaban J connectivity index is 1.69. The number of nitrogen functional groups attached to an aromatic ring is 1. The van der Waals surface area contributed by atoms with Crippen molar-refractivity contribution < 1.29 is 9.18 Å². The van der Waals surface area contributed by atoms with Crippen LogP contribution in [0.5, 0.6) is 0 Å². The molecule has 0 aliphatic heterocycles. The zero-order valence-electron chi connectivity index (χ0n) is 11.4. The maximum absolute atomic E-state index is 12.9. The molecule has 0 bridgehead atoms. The topological polar surface area (TPSA) is 77.0 Å². The van der Waals surface area contributed by atoms with Gasteiger partial charge in [0, 0.05) is 12.6 Å². The average molecular weight is 289 g/mol. The maximum atomic E-state index is 12.9. The van der Waals surface area contributed by atoms with Crippen LogP contribution < -0.4 is 5.73 Å². The summed E-state index contributed by atoms with van der Waals surface area (Å²) in [4.78, 5) is 18.0. The van der Waals surface area contributed by atoms with Gasteiger partial charge in [-0.05, 0) is 30.5 Å². The number of anilines is 1. The fourth-order valence-corrected chi connectivity index (χ4v) is 2.21. The Morgan fingerprint density at radius 3 is 2.67 bits per heavy atom. The number of aromatic nitrogens is 3. The molecule has 0 spiro atoms. The molecule has 0 radical (unpaired) electrons. The van der Waals surface area contributed by atoms with Crippen molar-refractivity contribution in [3.63, 3.8) is 0 Å². The van der Waals surface area contributed by atoms with Crippen LogP contribution in [-0.2, 0) is 17.9 Å². The molecule has 1 aromatic heterocycles. The van der Waals surface area contributed by atoms with Gasteiger partial charge >= 0.3 is 0 Å². The molecule has 7 heteroatoms. The van der Waals surface area contributed by atoms with E-state index in [-0.39, 0.29) is 30.3 Å². The first-order chi connectivity index (χ1) is 10.1. The summed E-state index contributed by atoms with van der Waals surface area (Å²) in [6, 6.07) is 6.48. The van der Waals surface area contributed by atoms with Crippen molar-refractivity contribution in [3.8, 4) is 0 Å². The maximum Gasteiger partial charge on any atom is 0.244 e. The summed E-state index contributed by atoms with van der Waals surface area (Å²) < 4.78 is 14.4.